The van der Waals surface area contributed by atoms with E-state index in [9.17, 15) is 0 Å². The predicted octanol–water partition coefficient (Wildman–Crippen LogP) is 2.63. The summed E-state index contributed by atoms with van der Waals surface area (Å²) in [4.78, 5) is 0. The molecule has 0 amide bonds. The van der Waals surface area contributed by atoms with E-state index in [0.717, 1.165) is 6.10 Å². The van der Waals surface area contributed by atoms with Crippen LogP contribution in [-0.4, -0.2) is 7.11 Å². The summed E-state index contributed by atoms with van der Waals surface area (Å²) in [7, 11) is 1.72. The lowest BCUT2D eigenvalue weighted by Gasteiger charge is -2.09. The van der Waals surface area contributed by atoms with Crippen LogP contribution in [0.1, 0.15) is 18.1 Å². The maximum atomic E-state index is 5.30. The molecular weight excluding hydrogens is 148 g/mol. The van der Waals surface area contributed by atoms with E-state index in [-0.39, 0.29) is 0 Å². The first kappa shape index (κ1) is 7.56. The third-order valence-corrected chi connectivity index (χ3v) is 2.14. The number of hydrogen-bond acceptors (Lipinski definition) is 1. The Bertz CT molecular complexity index is 326. The van der Waals surface area contributed by atoms with Crippen molar-refractivity contribution in [2.24, 2.45) is 0 Å². The lowest BCUT2D eigenvalue weighted by Crippen LogP contribution is -1.99. The number of hydrogen-bond donors (Lipinski definition) is 0. The molecule has 0 atom stereocenters. The maximum absolute atomic E-state index is 5.30. The molecule has 1 aliphatic carbocycles. The smallest absolute Gasteiger partial charge is 0.151 e. The van der Waals surface area contributed by atoms with Gasteiger partial charge in [-0.05, 0) is 23.6 Å². The highest BCUT2D eigenvalue weighted by Gasteiger charge is 2.22. The average Bonchev–Trinajstić information content (AvgIpc) is 2.40. The zero-order chi connectivity index (χ0) is 8.55. The first-order chi connectivity index (χ1) is 5.83. The average molecular weight is 159 g/mol. The van der Waals surface area contributed by atoms with E-state index >= 15 is 0 Å². The Labute approximate surface area is 72.7 Å². The summed E-state index contributed by atoms with van der Waals surface area (Å²) in [6.45, 7) is 2.07. The van der Waals surface area contributed by atoms with Crippen molar-refractivity contribution in [1.82, 2.24) is 0 Å². The van der Waals surface area contributed by atoms with E-state index in [0.29, 0.717) is 0 Å². The normalized spacial score (nSPS) is 16.0. The summed E-state index contributed by atoms with van der Waals surface area (Å²) in [5, 5.41) is 0. The molecule has 0 spiro atoms. The Morgan fingerprint density at radius 1 is 1.17 bits per heavy atom. The Morgan fingerprint density at radius 2 is 1.92 bits per heavy atom. The minimum Gasteiger partial charge on any atom is -0.365 e. The van der Waals surface area contributed by atoms with E-state index in [2.05, 4.69) is 25.1 Å². The second-order valence-corrected chi connectivity index (χ2v) is 2.95. The van der Waals surface area contributed by atoms with Crippen LogP contribution in [0.2, 0.25) is 0 Å². The van der Waals surface area contributed by atoms with Gasteiger partial charge in [-0.3, -0.25) is 0 Å². The SMILES string of the molecule is CO[C]1C(C)=Cc2ccccc21. The molecule has 1 nitrogen and oxygen atoms in total. The summed E-state index contributed by atoms with van der Waals surface area (Å²) in [5.41, 5.74) is 3.67. The van der Waals surface area contributed by atoms with Crippen LogP contribution in [0.15, 0.2) is 29.8 Å². The molecule has 0 saturated heterocycles. The van der Waals surface area contributed by atoms with E-state index in [1.165, 1.54) is 16.7 Å². The largest absolute Gasteiger partial charge is 0.365 e. The summed E-state index contributed by atoms with van der Waals surface area (Å²) in [6.07, 6.45) is 3.15. The molecule has 1 aliphatic rings. The van der Waals surface area contributed by atoms with Gasteiger partial charge in [0.1, 0.15) is 0 Å². The van der Waals surface area contributed by atoms with Crippen molar-refractivity contribution < 1.29 is 4.74 Å². The third kappa shape index (κ3) is 0.978. The van der Waals surface area contributed by atoms with E-state index in [1.807, 2.05) is 12.1 Å². The van der Waals surface area contributed by atoms with Gasteiger partial charge in [0, 0.05) is 7.11 Å². The summed E-state index contributed by atoms with van der Waals surface area (Å²) < 4.78 is 5.30. The molecule has 0 fully saturated rings. The van der Waals surface area contributed by atoms with Crippen molar-refractivity contribution in [3.63, 3.8) is 0 Å². The number of fused-ring (bicyclic) bond motifs is 1. The standard InChI is InChI=1S/C11H11O/c1-8-7-9-5-3-4-6-10(9)11(8)12-2/h3-7H,1-2H3. The van der Waals surface area contributed by atoms with Crippen LogP contribution in [-0.2, 0) is 4.74 Å². The van der Waals surface area contributed by atoms with Gasteiger partial charge in [0.15, 0.2) is 6.10 Å². The molecule has 0 heterocycles. The lowest BCUT2D eigenvalue weighted by atomic mass is 10.1. The first-order valence-electron chi connectivity index (χ1n) is 4.02. The molecule has 1 radical (unpaired) electrons. The fourth-order valence-electron chi connectivity index (χ4n) is 1.61. The van der Waals surface area contributed by atoms with Crippen molar-refractivity contribution in [2.75, 3.05) is 7.11 Å². The molecule has 0 aromatic heterocycles. The molecule has 12 heavy (non-hydrogen) atoms. The van der Waals surface area contributed by atoms with Gasteiger partial charge in [-0.2, -0.15) is 0 Å². The monoisotopic (exact) mass is 159 g/mol. The van der Waals surface area contributed by atoms with Crippen LogP contribution in [0.25, 0.3) is 6.08 Å². The zero-order valence-corrected chi connectivity index (χ0v) is 7.29. The van der Waals surface area contributed by atoms with E-state index in [4.69, 9.17) is 4.74 Å². The third-order valence-electron chi connectivity index (χ3n) is 2.14. The van der Waals surface area contributed by atoms with Gasteiger partial charge in [0.05, 0.1) is 0 Å². The highest BCUT2D eigenvalue weighted by Crippen LogP contribution is 2.34. The molecule has 61 valence electrons. The number of methoxy groups -OCH3 is 1. The minimum absolute atomic E-state index is 1.01. The van der Waals surface area contributed by atoms with E-state index in [1.54, 1.807) is 7.11 Å². The quantitative estimate of drug-likeness (QED) is 0.612. The van der Waals surface area contributed by atoms with Gasteiger partial charge < -0.3 is 4.74 Å². The topological polar surface area (TPSA) is 9.23 Å². The molecule has 0 aliphatic heterocycles. The maximum Gasteiger partial charge on any atom is 0.151 e. The van der Waals surface area contributed by atoms with Crippen molar-refractivity contribution in [2.45, 2.75) is 6.92 Å². The summed E-state index contributed by atoms with van der Waals surface area (Å²) in [5.74, 6) is 0. The first-order valence-corrected chi connectivity index (χ1v) is 4.02. The zero-order valence-electron chi connectivity index (χ0n) is 7.29. The number of benzene rings is 1. The highest BCUT2D eigenvalue weighted by atomic mass is 16.5. The summed E-state index contributed by atoms with van der Waals surface area (Å²) in [6, 6.07) is 8.26. The molecule has 0 N–H and O–H groups in total. The second-order valence-electron chi connectivity index (χ2n) is 2.95. The van der Waals surface area contributed by atoms with Gasteiger partial charge in [0.25, 0.3) is 0 Å². The van der Waals surface area contributed by atoms with Gasteiger partial charge in [-0.15, -0.1) is 0 Å². The van der Waals surface area contributed by atoms with Crippen LogP contribution in [0, 0.1) is 6.10 Å². The van der Waals surface area contributed by atoms with Gasteiger partial charge in [0.2, 0.25) is 0 Å². The van der Waals surface area contributed by atoms with E-state index < -0.39 is 0 Å². The lowest BCUT2D eigenvalue weighted by molar-refractivity contribution is 0.248. The minimum atomic E-state index is 1.01. The fraction of sp³-hybridized carbons (Fsp3) is 0.182. The Morgan fingerprint density at radius 3 is 2.67 bits per heavy atom. The summed E-state index contributed by atoms with van der Waals surface area (Å²) >= 11 is 0. The van der Waals surface area contributed by atoms with Crippen LogP contribution in [0.4, 0.5) is 0 Å². The van der Waals surface area contributed by atoms with Gasteiger partial charge in [-0.25, -0.2) is 0 Å². The van der Waals surface area contributed by atoms with Crippen LogP contribution < -0.4 is 0 Å². The van der Waals surface area contributed by atoms with Crippen LogP contribution >= 0.6 is 0 Å². The van der Waals surface area contributed by atoms with Crippen molar-refractivity contribution in [3.05, 3.63) is 47.1 Å². The molecular formula is C11H11O. The van der Waals surface area contributed by atoms with Crippen molar-refractivity contribution in [1.29, 1.82) is 0 Å². The second kappa shape index (κ2) is 2.76. The Hall–Kier alpha value is -1.08. The molecule has 2 rings (SSSR count). The predicted molar refractivity (Wildman–Crippen MR) is 49.4 cm³/mol. The highest BCUT2D eigenvalue weighted by molar-refractivity contribution is 5.70. The van der Waals surface area contributed by atoms with Crippen LogP contribution in [0.5, 0.6) is 0 Å². The Kier molecular flexibility index (Phi) is 1.74. The van der Waals surface area contributed by atoms with Gasteiger partial charge in [-0.1, -0.05) is 30.3 Å². The molecule has 0 saturated carbocycles. The number of ether oxygens (including phenoxy) is 1. The van der Waals surface area contributed by atoms with Crippen molar-refractivity contribution >= 4 is 6.08 Å². The fourth-order valence-corrected chi connectivity index (χ4v) is 1.61. The number of rotatable bonds is 1. The van der Waals surface area contributed by atoms with Gasteiger partial charge >= 0.3 is 0 Å². The Balaban J connectivity index is 2.50. The molecule has 1 aromatic rings. The molecule has 1 heteroatoms. The van der Waals surface area contributed by atoms with Crippen LogP contribution in [0.3, 0.4) is 0 Å². The van der Waals surface area contributed by atoms with Crippen molar-refractivity contribution in [3.8, 4) is 0 Å². The molecule has 1 aromatic carbocycles. The molecule has 0 unspecified atom stereocenters. The molecule has 0 bridgehead atoms.